The Bertz CT molecular complexity index is 199. The molecule has 96 heavy (non-hydrogen) atoms. The van der Waals surface area contributed by atoms with E-state index in [0.29, 0.717) is 0 Å². The van der Waals surface area contributed by atoms with Crippen LogP contribution in [0.5, 0.6) is 0 Å². The van der Waals surface area contributed by atoms with Crippen LogP contribution in [0, 0.1) is 0 Å². The molecule has 0 bridgehead atoms. The summed E-state index contributed by atoms with van der Waals surface area (Å²) in [7, 11) is 0. The van der Waals surface area contributed by atoms with Crippen molar-refractivity contribution in [2.45, 2.75) is 46.8 Å². The summed E-state index contributed by atoms with van der Waals surface area (Å²) in [6.07, 6.45) is 0. The van der Waals surface area contributed by atoms with Gasteiger partial charge in [-0.25, -0.2) is 0 Å². The van der Waals surface area contributed by atoms with Crippen LogP contribution in [-0.2, 0) is 1320 Å². The maximum atomic E-state index is 9.67. The molecule has 0 aromatic carbocycles. The Hall–Kier alpha value is 40.9. The maximum Gasteiger partial charge on any atom is 0.379 e. The van der Waals surface area contributed by atoms with Gasteiger partial charge in [0.05, 0.1) is 0 Å². The van der Waals surface area contributed by atoms with Gasteiger partial charge in [-0.15, -0.1) is 0 Å². The first-order valence-corrected chi connectivity index (χ1v) is 4.58. The topological polar surface area (TPSA) is 0 Å². The van der Waals surface area contributed by atoms with Gasteiger partial charge in [-0.1, -0.05) is 0 Å². The maximum absolute atomic E-state index is 9.67. The quantitative estimate of drug-likeness (QED) is 0.170. The molecule has 89 heteroatoms. The average Bonchev–Trinajstić information content (AvgIpc) is 2.20. The molecule has 0 aliphatic rings. The zero-order valence-corrected chi connectivity index (χ0v) is 262. The summed E-state index contributed by atoms with van der Waals surface area (Å²) in [4.78, 5) is 0. The van der Waals surface area contributed by atoms with Gasteiger partial charge in [-0.3, -0.25) is 0 Å². The smallest absolute Gasteiger partial charge is 0.174 e. The second-order valence-electron chi connectivity index (χ2n) is 1.73. The van der Waals surface area contributed by atoms with Crippen LogP contribution in [-0.4, -0.2) is 46.8 Å². The fraction of sp³-hybridized carbons (Fsp3) is 1.00. The molecule has 0 rings (SSSR count). The molecule has 0 heterocycles. The predicted molar refractivity (Wildman–Crippen MR) is 49.8 cm³/mol. The molecule has 0 amide bonds. The molecule has 0 saturated carbocycles. The summed E-state index contributed by atoms with van der Waals surface area (Å²) in [5, 5.41) is 0. The van der Waals surface area contributed by atoms with Gasteiger partial charge in [0.25, 0.3) is 0 Å². The Labute approximate surface area is 1420 Å². The summed E-state index contributed by atoms with van der Waals surface area (Å²) in [5.41, 5.74) is 0. The van der Waals surface area contributed by atoms with Gasteiger partial charge in [-0.2, -0.15) is 92.2 Å². The number of alkyl halides is 21. The second-order valence-corrected chi connectivity index (χ2v) is 1.73. The normalized spacial score (nSPS) is 2.62. The van der Waals surface area contributed by atoms with E-state index in [1.54, 1.807) is 0 Å². The first-order valence-electron chi connectivity index (χ1n) is 4.58. The van der Waals surface area contributed by atoms with Crippen molar-refractivity contribution in [3.05, 3.63) is 0 Å². The van der Waals surface area contributed by atoms with E-state index < -0.39 is 46.8 Å². The summed E-state index contributed by atoms with van der Waals surface area (Å²) < 4.78 is 203. The van der Waals surface area contributed by atoms with Crippen LogP contribution >= 0.6 is 0 Å². The van der Waals surface area contributed by atoms with E-state index in [-0.39, 0.29) is 1320 Å². The summed E-state index contributed by atoms with van der Waals surface area (Å²) in [6.45, 7) is -25.7. The van der Waals surface area contributed by atoms with Crippen molar-refractivity contribution in [3.8, 4) is 0 Å². The Morgan fingerprint density at radius 2 is 0.0521 bits per heavy atom. The molecule has 0 N–H and O–H groups in total. The fourth-order valence-corrected chi connectivity index (χ4v) is 0. The molecule has 0 radical (unpaired) electrons. The average molecular weight is 4940 g/mol. The van der Waals surface area contributed by atoms with Crippen molar-refractivity contribution in [1.29, 1.82) is 0 Å². The number of hydrogen-bond acceptors (Lipinski definition) is 0. The van der Waals surface area contributed by atoms with Gasteiger partial charge in [-0.05, 0) is 0 Å². The molecule has 0 unspecified atom stereocenters. The zero-order valence-electron chi connectivity index (χ0n) is 60.1. The minimum absolute atomic E-state index is 0. The van der Waals surface area contributed by atoms with Crippen LogP contribution in [0.15, 0.2) is 0 Å². The van der Waals surface area contributed by atoms with Gasteiger partial charge in [0.15, 0.2) is 0 Å². The van der Waals surface area contributed by atoms with Crippen molar-refractivity contribution in [1.82, 2.24) is 0 Å². The minimum Gasteiger partial charge on any atom is -0.174 e. The van der Waals surface area contributed by atoms with Crippen molar-refractivity contribution >= 4 is 0 Å². The molecule has 0 aliphatic heterocycles. The zero-order chi connectivity index (χ0) is 25.0. The molecule has 0 atom stereocenters. The van der Waals surface area contributed by atoms with Gasteiger partial charge in [0, 0.05) is 1320 Å². The molecule has 0 aliphatic carbocycles. The summed E-state index contributed by atoms with van der Waals surface area (Å²) in [6, 6.07) is 0. The molecule has 0 aromatic rings. The van der Waals surface area contributed by atoms with Crippen molar-refractivity contribution in [2.75, 3.05) is 0 Å². The largest absolute Gasteiger partial charge is 0.379 e. The second kappa shape index (κ2) is 645. The van der Waals surface area contributed by atoms with Gasteiger partial charge in [0.1, 0.15) is 0 Å². The third-order valence-electron chi connectivity index (χ3n) is 0. The molecule has 0 fully saturated rings. The first kappa shape index (κ1) is 660. The van der Waals surface area contributed by atoms with Crippen LogP contribution in [0.3, 0.4) is 0 Å². The van der Waals surface area contributed by atoms with E-state index in [0.717, 1.165) is 0 Å². The minimum atomic E-state index is -3.67. The van der Waals surface area contributed by atoms with E-state index in [1.165, 1.54) is 0 Å². The number of halogens is 21. The molecular weight excluding hydrogens is 4930 g/mol. The van der Waals surface area contributed by atoms with Crippen LogP contribution in [0.25, 0.3) is 0 Å². The fourth-order valence-electron chi connectivity index (χ4n) is 0. The van der Waals surface area contributed by atoms with E-state index >= 15 is 0 Å². The summed E-state index contributed by atoms with van der Waals surface area (Å²) in [5.74, 6) is 0. The van der Waals surface area contributed by atoms with E-state index in [9.17, 15) is 92.2 Å². The van der Waals surface area contributed by atoms with Crippen molar-refractivity contribution < 1.29 is 1420 Å². The van der Waals surface area contributed by atoms with Gasteiger partial charge < -0.3 is 0 Å². The monoisotopic (exact) mass is 4840 g/mol. The predicted octanol–water partition coefficient (Wildman–Crippen LogP) is 8.08. The third kappa shape index (κ3) is 1450. The van der Waals surface area contributed by atoms with Crippen LogP contribution in [0.2, 0.25) is 0 Å². The molecule has 0 spiro atoms. The Balaban J connectivity index is -0.000000000657. The number of hydrogen-bond donors (Lipinski definition) is 0. The van der Waals surface area contributed by atoms with E-state index in [4.69, 9.17) is 0 Å². The van der Waals surface area contributed by atoms with Crippen LogP contribution in [0.1, 0.15) is 0 Å². The Kier molecular flexibility index (Phi) is 4430. The van der Waals surface area contributed by atoms with E-state index in [2.05, 4.69) is 0 Å². The summed E-state index contributed by atoms with van der Waals surface area (Å²) >= 11 is 0. The molecule has 0 saturated heterocycles. The van der Waals surface area contributed by atoms with Crippen LogP contribution in [0.4, 0.5) is 92.2 Å². The molecular formula is C7H7F21Zn68. The number of rotatable bonds is 0. The Morgan fingerprint density at radius 1 is 0.0521 bits per heavy atom. The van der Waals surface area contributed by atoms with E-state index in [1.807, 2.05) is 0 Å². The molecule has 0 nitrogen and oxygen atoms in total. The van der Waals surface area contributed by atoms with Gasteiger partial charge in [0.2, 0.25) is 0 Å². The SMILES string of the molecule is FC(F)F.FC(F)F.FC(F)F.FC(F)F.FC(F)F.FC(F)F.FC(F)F.[Zn].[Zn].[Zn].[Zn].[Zn].[Zn].[Zn].[Zn].[Zn].[Zn].[Zn].[Zn].[Zn].[Zn].[Zn].[Zn].[Zn].[Zn].[Zn].[Zn].[Zn].[Zn].[Zn].[Zn].[Zn].[Zn].[Zn].[Zn].[Zn].[Zn].[Zn].[Zn].[Zn].[Zn].[Zn].[Zn].[Zn].[Zn].[Zn].[Zn].[Zn].[Zn].[Zn].[Zn].[Zn].[Zn].[Zn].[Zn].[Zn].[Zn].[Zn].[Zn].[Zn].[Zn].[Zn].[Zn].[Zn].[Zn].[Zn].[Zn].[Zn].[Zn].[Zn].[Zn].[Zn].[Zn].[Zn].[Zn]. The van der Waals surface area contributed by atoms with Crippen molar-refractivity contribution in [3.63, 3.8) is 0 Å². The van der Waals surface area contributed by atoms with Crippen LogP contribution < -0.4 is 0 Å². The Morgan fingerprint density at radius 3 is 0.0521 bits per heavy atom. The standard InChI is InChI=1S/7CHF3.68Zn/c7*2-1(3)4;;;;;;;;;;;;;;;;;;;;;;;;;;;;;;;;;;;;;;;;;;;;;;;;;;;;;;;;;;;;;;;;;;;;/h7*1H;;;;;;;;;;;;;;;;;;;;;;;;;;;;;;;;;;;;;;;;;;;;;;;;;;;;;;;;;;;;;;;;;;;;. The van der Waals surface area contributed by atoms with Gasteiger partial charge >= 0.3 is 46.8 Å². The molecule has 318 valence electrons. The molecule has 0 aromatic heterocycles. The van der Waals surface area contributed by atoms with Crippen molar-refractivity contribution in [2.24, 2.45) is 0 Å². The third-order valence-corrected chi connectivity index (χ3v) is 0. The first-order chi connectivity index (χ1) is 12.1.